The lowest BCUT2D eigenvalue weighted by Gasteiger charge is -2.19. The molecule has 7 nitrogen and oxygen atoms in total. The van der Waals surface area contributed by atoms with E-state index in [-0.39, 0.29) is 5.91 Å². The number of hydrogen-bond donors (Lipinski definition) is 0. The van der Waals surface area contributed by atoms with Crippen molar-refractivity contribution >= 4 is 17.2 Å². The highest BCUT2D eigenvalue weighted by atomic mass is 32.1. The van der Waals surface area contributed by atoms with E-state index in [1.165, 1.54) is 5.56 Å². The van der Waals surface area contributed by atoms with E-state index < -0.39 is 0 Å². The zero-order valence-electron chi connectivity index (χ0n) is 17.7. The number of thiazole rings is 1. The SMILES string of the molecule is Cc1nc(CN(C)C(=O)c2cnn(-c3ncc4c(n3)-c3ccccc3CC4)c2C)cs1. The number of benzene rings is 1. The summed E-state index contributed by atoms with van der Waals surface area (Å²) in [7, 11) is 1.78. The van der Waals surface area contributed by atoms with Gasteiger partial charge in [0.25, 0.3) is 11.9 Å². The molecule has 31 heavy (non-hydrogen) atoms. The normalized spacial score (nSPS) is 12.4. The fourth-order valence-corrected chi connectivity index (χ4v) is 4.58. The Bertz CT molecular complexity index is 1290. The summed E-state index contributed by atoms with van der Waals surface area (Å²) in [6.45, 7) is 4.29. The van der Waals surface area contributed by atoms with Gasteiger partial charge >= 0.3 is 0 Å². The van der Waals surface area contributed by atoms with Crippen LogP contribution in [0.4, 0.5) is 0 Å². The van der Waals surface area contributed by atoms with Gasteiger partial charge in [-0.15, -0.1) is 11.3 Å². The second-order valence-corrected chi connectivity index (χ2v) is 8.84. The van der Waals surface area contributed by atoms with Crippen molar-refractivity contribution in [1.29, 1.82) is 0 Å². The summed E-state index contributed by atoms with van der Waals surface area (Å²) < 4.78 is 1.64. The Hall–Kier alpha value is -3.39. The van der Waals surface area contributed by atoms with Crippen LogP contribution in [0.1, 0.15) is 37.9 Å². The number of aryl methyl sites for hydroxylation is 3. The van der Waals surface area contributed by atoms with E-state index in [9.17, 15) is 4.79 Å². The molecule has 0 aliphatic heterocycles. The van der Waals surface area contributed by atoms with Crippen LogP contribution in [0.15, 0.2) is 42.0 Å². The Balaban J connectivity index is 1.45. The molecule has 0 unspecified atom stereocenters. The Morgan fingerprint density at radius 2 is 1.94 bits per heavy atom. The fraction of sp³-hybridized carbons (Fsp3) is 0.261. The van der Waals surface area contributed by atoms with Gasteiger partial charge in [-0.25, -0.2) is 19.6 Å². The monoisotopic (exact) mass is 430 g/mol. The summed E-state index contributed by atoms with van der Waals surface area (Å²) in [5, 5.41) is 7.41. The van der Waals surface area contributed by atoms with Gasteiger partial charge in [-0.3, -0.25) is 4.79 Å². The third-order valence-corrected chi connectivity index (χ3v) is 6.45. The van der Waals surface area contributed by atoms with Gasteiger partial charge < -0.3 is 4.90 Å². The summed E-state index contributed by atoms with van der Waals surface area (Å²) in [5.74, 6) is 0.377. The van der Waals surface area contributed by atoms with E-state index in [4.69, 9.17) is 4.98 Å². The number of hydrogen-bond acceptors (Lipinski definition) is 6. The molecule has 3 heterocycles. The molecule has 4 aromatic rings. The van der Waals surface area contributed by atoms with E-state index >= 15 is 0 Å². The summed E-state index contributed by atoms with van der Waals surface area (Å²) in [6.07, 6.45) is 5.40. The minimum absolute atomic E-state index is 0.0993. The molecule has 3 aromatic heterocycles. The van der Waals surface area contributed by atoms with Crippen LogP contribution < -0.4 is 0 Å². The van der Waals surface area contributed by atoms with Crippen LogP contribution in [-0.4, -0.2) is 42.6 Å². The van der Waals surface area contributed by atoms with E-state index in [2.05, 4.69) is 33.3 Å². The molecule has 1 aliphatic carbocycles. The van der Waals surface area contributed by atoms with Gasteiger partial charge in [0.2, 0.25) is 0 Å². The summed E-state index contributed by atoms with van der Waals surface area (Å²) >= 11 is 1.58. The number of amides is 1. The van der Waals surface area contributed by atoms with Crippen LogP contribution in [0.25, 0.3) is 17.2 Å². The zero-order chi connectivity index (χ0) is 21.5. The maximum atomic E-state index is 13.0. The Morgan fingerprint density at radius 3 is 2.74 bits per heavy atom. The fourth-order valence-electron chi connectivity index (χ4n) is 3.98. The number of carbonyl (C=O) groups excluding carboxylic acids is 1. The smallest absolute Gasteiger partial charge is 0.257 e. The van der Waals surface area contributed by atoms with Gasteiger partial charge in [-0.1, -0.05) is 24.3 Å². The first-order valence-corrected chi connectivity index (χ1v) is 11.0. The lowest BCUT2D eigenvalue weighted by atomic mass is 9.90. The van der Waals surface area contributed by atoms with Crippen LogP contribution in [0.5, 0.6) is 0 Å². The molecule has 0 N–H and O–H groups in total. The quantitative estimate of drug-likeness (QED) is 0.493. The molecule has 1 aliphatic rings. The van der Waals surface area contributed by atoms with Crippen molar-refractivity contribution in [2.24, 2.45) is 0 Å². The molecule has 0 spiro atoms. The van der Waals surface area contributed by atoms with Crippen molar-refractivity contribution < 1.29 is 4.79 Å². The highest BCUT2D eigenvalue weighted by Crippen LogP contribution is 2.31. The highest BCUT2D eigenvalue weighted by molar-refractivity contribution is 7.09. The van der Waals surface area contributed by atoms with Crippen molar-refractivity contribution in [3.05, 3.63) is 75.1 Å². The lowest BCUT2D eigenvalue weighted by Crippen LogP contribution is -2.26. The van der Waals surface area contributed by atoms with Gasteiger partial charge in [0.15, 0.2) is 0 Å². The van der Waals surface area contributed by atoms with Gasteiger partial charge in [0.1, 0.15) is 0 Å². The Morgan fingerprint density at radius 1 is 1.13 bits per heavy atom. The third-order valence-electron chi connectivity index (χ3n) is 5.63. The average Bonchev–Trinajstić information content (AvgIpc) is 3.37. The van der Waals surface area contributed by atoms with Crippen LogP contribution in [-0.2, 0) is 19.4 Å². The molecule has 0 atom stereocenters. The van der Waals surface area contributed by atoms with Crippen molar-refractivity contribution in [2.75, 3.05) is 7.05 Å². The number of carbonyl (C=O) groups is 1. The van der Waals surface area contributed by atoms with E-state index in [0.717, 1.165) is 46.1 Å². The minimum atomic E-state index is -0.0993. The molecule has 0 saturated carbocycles. The standard InChI is InChI=1S/C23H22N6OS/c1-14-20(22(30)28(3)12-18-13-31-15(2)26-18)11-25-29(14)23-24-10-17-9-8-16-6-4-5-7-19(16)21(17)27-23/h4-7,10-11,13H,8-9,12H2,1-3H3. The highest BCUT2D eigenvalue weighted by Gasteiger charge is 2.22. The lowest BCUT2D eigenvalue weighted by molar-refractivity contribution is 0.0783. The first kappa shape index (κ1) is 19.6. The molecule has 0 saturated heterocycles. The van der Waals surface area contributed by atoms with Gasteiger partial charge in [0, 0.05) is 24.2 Å². The summed E-state index contributed by atoms with van der Waals surface area (Å²) in [5.41, 5.74) is 6.68. The number of rotatable bonds is 4. The zero-order valence-corrected chi connectivity index (χ0v) is 18.5. The third kappa shape index (κ3) is 3.53. The number of nitrogens with zero attached hydrogens (tertiary/aromatic N) is 6. The van der Waals surface area contributed by atoms with Crippen LogP contribution in [0.3, 0.4) is 0 Å². The first-order valence-electron chi connectivity index (χ1n) is 10.2. The minimum Gasteiger partial charge on any atom is -0.336 e. The molecular weight excluding hydrogens is 408 g/mol. The maximum Gasteiger partial charge on any atom is 0.257 e. The van der Waals surface area contributed by atoms with E-state index in [1.807, 2.05) is 31.5 Å². The summed E-state index contributed by atoms with van der Waals surface area (Å²) in [4.78, 5) is 28.5. The second kappa shape index (κ2) is 7.70. The largest absolute Gasteiger partial charge is 0.336 e. The van der Waals surface area contributed by atoms with Crippen LogP contribution in [0, 0.1) is 13.8 Å². The maximum absolute atomic E-state index is 13.0. The van der Waals surface area contributed by atoms with Gasteiger partial charge in [-0.2, -0.15) is 5.10 Å². The van der Waals surface area contributed by atoms with Crippen LogP contribution in [0.2, 0.25) is 0 Å². The molecule has 0 bridgehead atoms. The van der Waals surface area contributed by atoms with Gasteiger partial charge in [0.05, 0.1) is 40.4 Å². The van der Waals surface area contributed by atoms with Gasteiger partial charge in [-0.05, 0) is 37.8 Å². The van der Waals surface area contributed by atoms with Crippen molar-refractivity contribution in [3.63, 3.8) is 0 Å². The first-order chi connectivity index (χ1) is 15.0. The molecule has 0 radical (unpaired) electrons. The molecule has 1 amide bonds. The second-order valence-electron chi connectivity index (χ2n) is 7.78. The van der Waals surface area contributed by atoms with Crippen molar-refractivity contribution in [3.8, 4) is 17.2 Å². The predicted molar refractivity (Wildman–Crippen MR) is 119 cm³/mol. The van der Waals surface area contributed by atoms with E-state index in [0.29, 0.717) is 18.1 Å². The predicted octanol–water partition coefficient (Wildman–Crippen LogP) is 3.77. The van der Waals surface area contributed by atoms with E-state index in [1.54, 1.807) is 34.2 Å². The van der Waals surface area contributed by atoms with Crippen molar-refractivity contribution in [1.82, 2.24) is 29.6 Å². The topological polar surface area (TPSA) is 76.8 Å². The average molecular weight is 431 g/mol. The molecular formula is C23H22N6OS. The molecule has 8 heteroatoms. The van der Waals surface area contributed by atoms with Crippen molar-refractivity contribution in [2.45, 2.75) is 33.2 Å². The molecule has 156 valence electrons. The van der Waals surface area contributed by atoms with Crippen LogP contribution >= 0.6 is 11.3 Å². The Kier molecular flexibility index (Phi) is 4.86. The molecule has 5 rings (SSSR count). The number of aromatic nitrogens is 5. The molecule has 1 aromatic carbocycles. The molecule has 0 fully saturated rings. The Labute approximate surface area is 184 Å². The summed E-state index contributed by atoms with van der Waals surface area (Å²) in [6, 6.07) is 8.34. The number of fused-ring (bicyclic) bond motifs is 3.